The number of nitrogens with one attached hydrogen (secondary N) is 1. The van der Waals surface area contributed by atoms with Gasteiger partial charge in [0.05, 0.1) is 24.6 Å². The van der Waals surface area contributed by atoms with Crippen LogP contribution in [0.2, 0.25) is 0 Å². The van der Waals surface area contributed by atoms with Crippen molar-refractivity contribution in [3.8, 4) is 5.75 Å². The highest BCUT2D eigenvalue weighted by Crippen LogP contribution is 2.19. The van der Waals surface area contributed by atoms with Crippen LogP contribution in [0.1, 0.15) is 37.7 Å². The van der Waals surface area contributed by atoms with Crippen molar-refractivity contribution in [2.24, 2.45) is 5.92 Å². The minimum Gasteiger partial charge on any atom is -0.494 e. The highest BCUT2D eigenvalue weighted by atomic mass is 32.2. The second kappa shape index (κ2) is 10.4. The average Bonchev–Trinajstić information content (AvgIpc) is 3.17. The number of sulfonamides is 1. The minimum absolute atomic E-state index is 0.0590. The molecule has 0 saturated heterocycles. The molecule has 34 heavy (non-hydrogen) atoms. The van der Waals surface area contributed by atoms with E-state index < -0.39 is 10.0 Å². The largest absolute Gasteiger partial charge is 0.494 e. The van der Waals surface area contributed by atoms with Gasteiger partial charge in [-0.05, 0) is 66.8 Å². The number of hydrogen-bond donors (Lipinski definition) is 1. The number of fused-ring (bicyclic) bond motifs is 1. The average molecular weight is 479 g/mol. The Morgan fingerprint density at radius 2 is 1.71 bits per heavy atom. The molecule has 0 radical (unpaired) electrons. The van der Waals surface area contributed by atoms with Gasteiger partial charge in [-0.3, -0.25) is 0 Å². The smallest absolute Gasteiger partial charge is 0.240 e. The molecular formula is C26H30N4O3S. The lowest BCUT2D eigenvalue weighted by atomic mass is 10.0. The lowest BCUT2D eigenvalue weighted by molar-refractivity contribution is 0.340. The maximum atomic E-state index is 12.9. The monoisotopic (exact) mass is 478 g/mol. The van der Waals surface area contributed by atoms with Crippen molar-refractivity contribution in [1.29, 1.82) is 0 Å². The molecule has 7 nitrogen and oxygen atoms in total. The van der Waals surface area contributed by atoms with Gasteiger partial charge in [0.2, 0.25) is 10.0 Å². The summed E-state index contributed by atoms with van der Waals surface area (Å²) in [5.74, 6) is 1.92. The second-order valence-corrected chi connectivity index (χ2v) is 10.4. The summed E-state index contributed by atoms with van der Waals surface area (Å²) in [5.41, 5.74) is 3.60. The Bertz CT molecular complexity index is 1350. The molecule has 4 rings (SSSR count). The quantitative estimate of drug-likeness (QED) is 0.361. The van der Waals surface area contributed by atoms with Gasteiger partial charge in [-0.2, -0.15) is 0 Å². The number of nitrogens with zero attached hydrogens (tertiary/aromatic N) is 3. The fourth-order valence-electron chi connectivity index (χ4n) is 3.87. The van der Waals surface area contributed by atoms with Crippen molar-refractivity contribution in [2.45, 2.75) is 45.2 Å². The number of benzene rings is 2. The molecule has 0 aliphatic heterocycles. The Hall–Kier alpha value is -3.23. The van der Waals surface area contributed by atoms with Gasteiger partial charge in [0.1, 0.15) is 17.1 Å². The zero-order valence-corrected chi connectivity index (χ0v) is 20.5. The molecule has 0 spiro atoms. The van der Waals surface area contributed by atoms with Gasteiger partial charge in [0, 0.05) is 6.20 Å². The van der Waals surface area contributed by atoms with E-state index in [0.717, 1.165) is 28.8 Å². The van der Waals surface area contributed by atoms with Crippen LogP contribution in [0.3, 0.4) is 0 Å². The van der Waals surface area contributed by atoms with Crippen LogP contribution in [0, 0.1) is 5.92 Å². The van der Waals surface area contributed by atoms with E-state index in [4.69, 9.17) is 4.74 Å². The first kappa shape index (κ1) is 23.9. The molecule has 8 heteroatoms. The van der Waals surface area contributed by atoms with Crippen LogP contribution < -0.4 is 9.46 Å². The SMILES string of the molecule is CCOc1ccc(Cn2c(CNS(=O)(=O)c3ccc(CC(C)C)cc3)nc3cccnc32)cc1. The molecule has 0 saturated carbocycles. The van der Waals surface area contributed by atoms with Gasteiger partial charge in [-0.1, -0.05) is 38.1 Å². The summed E-state index contributed by atoms with van der Waals surface area (Å²) in [7, 11) is -3.68. The molecule has 0 aliphatic carbocycles. The third-order valence-corrected chi connectivity index (χ3v) is 6.87. The number of ether oxygens (including phenoxy) is 1. The fraction of sp³-hybridized carbons (Fsp3) is 0.308. The van der Waals surface area contributed by atoms with Crippen LogP contribution in [0.15, 0.2) is 71.8 Å². The normalized spacial score (nSPS) is 11.9. The van der Waals surface area contributed by atoms with Gasteiger partial charge < -0.3 is 9.30 Å². The molecule has 0 bridgehead atoms. The first-order valence-corrected chi connectivity index (χ1v) is 12.9. The van der Waals surface area contributed by atoms with E-state index in [-0.39, 0.29) is 11.4 Å². The third kappa shape index (κ3) is 5.63. The Balaban J connectivity index is 1.55. The van der Waals surface area contributed by atoms with Crippen LogP contribution in [0.5, 0.6) is 5.75 Å². The molecule has 1 N–H and O–H groups in total. The van der Waals surface area contributed by atoms with Gasteiger partial charge in [-0.15, -0.1) is 0 Å². The number of aromatic nitrogens is 3. The van der Waals surface area contributed by atoms with E-state index in [1.54, 1.807) is 18.3 Å². The predicted molar refractivity (Wildman–Crippen MR) is 133 cm³/mol. The Morgan fingerprint density at radius 1 is 1.00 bits per heavy atom. The van der Waals surface area contributed by atoms with E-state index in [0.29, 0.717) is 30.5 Å². The predicted octanol–water partition coefficient (Wildman–Crippen LogP) is 4.56. The highest BCUT2D eigenvalue weighted by Gasteiger charge is 2.18. The molecule has 0 unspecified atom stereocenters. The molecular weight excluding hydrogens is 448 g/mol. The van der Waals surface area contributed by atoms with E-state index in [1.807, 2.05) is 60.0 Å². The Kier molecular flexibility index (Phi) is 7.29. The van der Waals surface area contributed by atoms with Crippen LogP contribution in [0.4, 0.5) is 0 Å². The summed E-state index contributed by atoms with van der Waals surface area (Å²) in [4.78, 5) is 9.37. The number of rotatable bonds is 10. The molecule has 2 aromatic carbocycles. The summed E-state index contributed by atoms with van der Waals surface area (Å²) < 4.78 is 36.1. The maximum absolute atomic E-state index is 12.9. The molecule has 2 heterocycles. The van der Waals surface area contributed by atoms with Crippen molar-refractivity contribution in [2.75, 3.05) is 6.61 Å². The van der Waals surface area contributed by atoms with Crippen LogP contribution in [0.25, 0.3) is 11.2 Å². The van der Waals surface area contributed by atoms with Crippen molar-refractivity contribution < 1.29 is 13.2 Å². The van der Waals surface area contributed by atoms with Gasteiger partial charge >= 0.3 is 0 Å². The minimum atomic E-state index is -3.68. The maximum Gasteiger partial charge on any atom is 0.240 e. The zero-order valence-electron chi connectivity index (χ0n) is 19.7. The van der Waals surface area contributed by atoms with Crippen molar-refractivity contribution in [3.05, 3.63) is 83.8 Å². The first-order chi connectivity index (χ1) is 16.4. The van der Waals surface area contributed by atoms with Crippen molar-refractivity contribution in [1.82, 2.24) is 19.3 Å². The second-order valence-electron chi connectivity index (χ2n) is 8.60. The summed E-state index contributed by atoms with van der Waals surface area (Å²) in [6.07, 6.45) is 2.63. The van der Waals surface area contributed by atoms with E-state index in [9.17, 15) is 8.42 Å². The van der Waals surface area contributed by atoms with Crippen molar-refractivity contribution in [3.63, 3.8) is 0 Å². The molecule has 178 valence electrons. The molecule has 0 atom stereocenters. The van der Waals surface area contributed by atoms with Gasteiger partial charge in [0.15, 0.2) is 5.65 Å². The lowest BCUT2D eigenvalue weighted by Gasteiger charge is -2.12. The molecule has 0 aliphatic rings. The molecule has 2 aromatic heterocycles. The molecule has 0 fully saturated rings. The fourth-order valence-corrected chi connectivity index (χ4v) is 4.85. The first-order valence-electron chi connectivity index (χ1n) is 11.5. The van der Waals surface area contributed by atoms with Crippen molar-refractivity contribution >= 4 is 21.2 Å². The third-order valence-electron chi connectivity index (χ3n) is 5.46. The Morgan fingerprint density at radius 3 is 2.38 bits per heavy atom. The lowest BCUT2D eigenvalue weighted by Crippen LogP contribution is -2.25. The molecule has 0 amide bonds. The molecule has 4 aromatic rings. The number of imidazole rings is 1. The number of hydrogen-bond acceptors (Lipinski definition) is 5. The number of pyridine rings is 1. The van der Waals surface area contributed by atoms with E-state index >= 15 is 0 Å². The highest BCUT2D eigenvalue weighted by molar-refractivity contribution is 7.89. The summed E-state index contributed by atoms with van der Waals surface area (Å²) in [6.45, 7) is 7.41. The topological polar surface area (TPSA) is 86.1 Å². The summed E-state index contributed by atoms with van der Waals surface area (Å²) >= 11 is 0. The summed E-state index contributed by atoms with van der Waals surface area (Å²) in [6, 6.07) is 18.6. The van der Waals surface area contributed by atoms with E-state index in [1.165, 1.54) is 0 Å². The van der Waals surface area contributed by atoms with Crippen LogP contribution >= 0.6 is 0 Å². The standard InChI is InChI=1S/C26H30N4O3S/c1-4-33-22-11-7-21(8-12-22)18-30-25(29-24-6-5-15-27-26(24)30)17-28-34(31,32)23-13-9-20(10-14-23)16-19(2)3/h5-15,19,28H,4,16-18H2,1-3H3. The van der Waals surface area contributed by atoms with Gasteiger partial charge in [0.25, 0.3) is 0 Å². The van der Waals surface area contributed by atoms with Crippen LogP contribution in [-0.2, 0) is 29.5 Å². The van der Waals surface area contributed by atoms with Gasteiger partial charge in [-0.25, -0.2) is 23.1 Å². The van der Waals surface area contributed by atoms with Crippen LogP contribution in [-0.4, -0.2) is 29.6 Å². The zero-order chi connectivity index (χ0) is 24.1. The van der Waals surface area contributed by atoms with E-state index in [2.05, 4.69) is 28.5 Å². The Labute approximate surface area is 200 Å². The summed E-state index contributed by atoms with van der Waals surface area (Å²) in [5, 5.41) is 0.